The number of hydrogen-bond donors (Lipinski definition) is 1. The van der Waals surface area contributed by atoms with Crippen LogP contribution in [-0.4, -0.2) is 42.5 Å². The minimum Gasteiger partial charge on any atom is -0.493 e. The number of hydrogen-bond acceptors (Lipinski definition) is 8. The number of aliphatic imine (C=N–C) groups is 1. The van der Waals surface area contributed by atoms with Crippen molar-refractivity contribution in [2.75, 3.05) is 7.11 Å². The minimum absolute atomic E-state index is 0.00338. The highest BCUT2D eigenvalue weighted by Crippen LogP contribution is 2.39. The van der Waals surface area contributed by atoms with Gasteiger partial charge in [-0.1, -0.05) is 24.6 Å². The number of amidine groups is 2. The van der Waals surface area contributed by atoms with E-state index in [1.807, 2.05) is 13.8 Å². The van der Waals surface area contributed by atoms with Crippen LogP contribution in [0.15, 0.2) is 61.4 Å². The van der Waals surface area contributed by atoms with Gasteiger partial charge >= 0.3 is 10.1 Å². The Labute approximate surface area is 209 Å². The molecule has 2 aromatic rings. The zero-order valence-electron chi connectivity index (χ0n) is 18.3. The Morgan fingerprint density at radius 2 is 1.94 bits per heavy atom. The summed E-state index contributed by atoms with van der Waals surface area (Å²) in [5.41, 5.74) is 1.43. The van der Waals surface area contributed by atoms with Crippen molar-refractivity contribution in [2.24, 2.45) is 10.1 Å². The molecule has 2 aliphatic heterocycles. The van der Waals surface area contributed by atoms with Gasteiger partial charge in [0.05, 0.1) is 17.2 Å². The summed E-state index contributed by atoms with van der Waals surface area (Å²) in [5.74, 6) is -0.570. The van der Waals surface area contributed by atoms with Crippen molar-refractivity contribution in [3.8, 4) is 11.5 Å². The number of carbonyl (C=O) groups excluding carboxylic acids is 1. The number of aryl methyl sites for hydroxylation is 1. The zero-order chi connectivity index (χ0) is 24.6. The van der Waals surface area contributed by atoms with Crippen molar-refractivity contribution in [2.45, 2.75) is 25.2 Å². The van der Waals surface area contributed by atoms with E-state index in [9.17, 15) is 13.2 Å². The van der Waals surface area contributed by atoms with Crippen LogP contribution >= 0.6 is 27.7 Å². The van der Waals surface area contributed by atoms with Crippen LogP contribution in [0.2, 0.25) is 0 Å². The van der Waals surface area contributed by atoms with Crippen molar-refractivity contribution in [3.05, 3.63) is 57.6 Å². The quantitative estimate of drug-likeness (QED) is 0.404. The number of thioether (sulfide) groups is 1. The lowest BCUT2D eigenvalue weighted by atomic mass is 10.1. The van der Waals surface area contributed by atoms with Gasteiger partial charge in [-0.25, -0.2) is 0 Å². The largest absolute Gasteiger partial charge is 0.493 e. The van der Waals surface area contributed by atoms with Crippen LogP contribution in [-0.2, 0) is 14.9 Å². The Bertz CT molecular complexity index is 1400. The van der Waals surface area contributed by atoms with Crippen molar-refractivity contribution >= 4 is 65.8 Å². The number of nitrogens with zero attached hydrogens (tertiary/aromatic N) is 3. The van der Waals surface area contributed by atoms with Gasteiger partial charge in [0.25, 0.3) is 5.91 Å². The molecule has 0 aromatic heterocycles. The maximum Gasteiger partial charge on any atom is 0.339 e. The number of fused-ring (bicyclic) bond motifs is 1. The molecular formula is C22H19BrN4O5S2. The molecule has 0 bridgehead atoms. The first-order valence-electron chi connectivity index (χ1n) is 10.0. The molecule has 4 rings (SSSR count). The van der Waals surface area contributed by atoms with Crippen LogP contribution in [0, 0.1) is 12.3 Å². The molecule has 0 fully saturated rings. The number of carbonyl (C=O) groups is 1. The highest BCUT2D eigenvalue weighted by molar-refractivity contribution is 9.10. The third-order valence-electron chi connectivity index (χ3n) is 4.86. The Morgan fingerprint density at radius 3 is 2.59 bits per heavy atom. The molecule has 12 heteroatoms. The van der Waals surface area contributed by atoms with Gasteiger partial charge in [-0.15, -0.1) is 0 Å². The molecule has 176 valence electrons. The SMILES string of the molecule is CCC1=NN2C(=N)/C(=C\c3cc(Br)c(OS(=O)(=O)c4ccc(C)cc4)c(OC)c3)C(=O)N=C2S1. The van der Waals surface area contributed by atoms with Crippen molar-refractivity contribution in [1.82, 2.24) is 5.01 Å². The van der Waals surface area contributed by atoms with Crippen LogP contribution in [0.25, 0.3) is 6.08 Å². The summed E-state index contributed by atoms with van der Waals surface area (Å²) in [6.07, 6.45) is 2.14. The van der Waals surface area contributed by atoms with Crippen LogP contribution in [0.5, 0.6) is 11.5 Å². The predicted octanol–water partition coefficient (Wildman–Crippen LogP) is 4.56. The van der Waals surface area contributed by atoms with E-state index in [2.05, 4.69) is 26.0 Å². The molecule has 0 aliphatic carbocycles. The molecule has 34 heavy (non-hydrogen) atoms. The van der Waals surface area contributed by atoms with E-state index in [0.29, 0.717) is 17.2 Å². The monoisotopic (exact) mass is 562 g/mol. The number of benzene rings is 2. The fourth-order valence-corrected chi connectivity index (χ4v) is 5.54. The molecule has 2 aromatic carbocycles. The average molecular weight is 563 g/mol. The summed E-state index contributed by atoms with van der Waals surface area (Å²) in [6, 6.07) is 9.35. The highest BCUT2D eigenvalue weighted by Gasteiger charge is 2.35. The fourth-order valence-electron chi connectivity index (χ4n) is 3.11. The molecule has 9 nitrogen and oxygen atoms in total. The van der Waals surface area contributed by atoms with Crippen LogP contribution in [0.1, 0.15) is 24.5 Å². The lowest BCUT2D eigenvalue weighted by Gasteiger charge is -2.20. The van der Waals surface area contributed by atoms with Gasteiger partial charge in [0, 0.05) is 0 Å². The second kappa shape index (κ2) is 9.35. The Hall–Kier alpha value is -2.96. The maximum absolute atomic E-state index is 12.8. The molecule has 1 N–H and O–H groups in total. The summed E-state index contributed by atoms with van der Waals surface area (Å²) in [5, 5.41) is 15.2. The highest BCUT2D eigenvalue weighted by atomic mass is 79.9. The van der Waals surface area contributed by atoms with Gasteiger partial charge < -0.3 is 8.92 Å². The third-order valence-corrected chi connectivity index (χ3v) is 7.74. The number of rotatable bonds is 6. The molecule has 0 radical (unpaired) electrons. The smallest absolute Gasteiger partial charge is 0.339 e. The van der Waals surface area contributed by atoms with Gasteiger partial charge in [0.15, 0.2) is 17.3 Å². The molecule has 0 atom stereocenters. The van der Waals surface area contributed by atoms with E-state index >= 15 is 0 Å². The number of amides is 1. The number of halogens is 1. The molecule has 0 saturated carbocycles. The number of methoxy groups -OCH3 is 1. The van der Waals surface area contributed by atoms with Crippen LogP contribution in [0.4, 0.5) is 0 Å². The molecule has 2 aliphatic rings. The average Bonchev–Trinajstić information content (AvgIpc) is 3.21. The lowest BCUT2D eigenvalue weighted by molar-refractivity contribution is -0.114. The normalized spacial score (nSPS) is 16.9. The summed E-state index contributed by atoms with van der Waals surface area (Å²) in [4.78, 5) is 16.6. The van der Waals surface area contributed by atoms with Gasteiger partial charge in [-0.2, -0.15) is 23.5 Å². The molecule has 0 saturated heterocycles. The number of hydrazone groups is 1. The molecule has 1 amide bonds. The summed E-state index contributed by atoms with van der Waals surface area (Å²) < 4.78 is 36.5. The van der Waals surface area contributed by atoms with Crippen LogP contribution in [0.3, 0.4) is 0 Å². The maximum atomic E-state index is 12.8. The molecule has 0 spiro atoms. The topological polar surface area (TPSA) is 121 Å². The standard InChI is InChI=1S/C22H19BrN4O5S2/c1-4-18-26-27-20(24)15(21(28)25-22(27)33-18)9-13-10-16(23)19(17(11-13)31-3)32-34(29,30)14-7-5-12(2)6-8-14/h5-11,24H,4H2,1-3H3/b15-9+,24-20?. The molecule has 0 unspecified atom stereocenters. The van der Waals surface area contributed by atoms with Gasteiger partial charge in [-0.05, 0) is 76.9 Å². The van der Waals surface area contributed by atoms with E-state index < -0.39 is 16.0 Å². The fraction of sp³-hybridized carbons (Fsp3) is 0.182. The first-order valence-corrected chi connectivity index (χ1v) is 13.0. The second-order valence-electron chi connectivity index (χ2n) is 7.25. The summed E-state index contributed by atoms with van der Waals surface area (Å²) in [6.45, 7) is 3.78. The zero-order valence-corrected chi connectivity index (χ0v) is 21.5. The van der Waals surface area contributed by atoms with Crippen molar-refractivity contribution in [1.29, 1.82) is 5.41 Å². The van der Waals surface area contributed by atoms with E-state index in [4.69, 9.17) is 14.3 Å². The minimum atomic E-state index is -4.12. The Morgan fingerprint density at radius 1 is 1.24 bits per heavy atom. The van der Waals surface area contributed by atoms with Crippen LogP contribution < -0.4 is 8.92 Å². The van der Waals surface area contributed by atoms with Crippen molar-refractivity contribution < 1.29 is 22.1 Å². The van der Waals surface area contributed by atoms with Crippen molar-refractivity contribution in [3.63, 3.8) is 0 Å². The van der Waals surface area contributed by atoms with E-state index in [0.717, 1.165) is 10.6 Å². The van der Waals surface area contributed by atoms with Gasteiger partial charge in [-0.3, -0.25) is 10.2 Å². The summed E-state index contributed by atoms with van der Waals surface area (Å²) >= 11 is 4.59. The van der Waals surface area contributed by atoms with Gasteiger partial charge in [0.1, 0.15) is 9.94 Å². The Balaban J connectivity index is 1.68. The second-order valence-corrected chi connectivity index (χ2v) is 10.7. The number of ether oxygens (including phenoxy) is 1. The third kappa shape index (κ3) is 4.65. The van der Waals surface area contributed by atoms with Gasteiger partial charge in [0.2, 0.25) is 5.17 Å². The predicted molar refractivity (Wildman–Crippen MR) is 135 cm³/mol. The lowest BCUT2D eigenvalue weighted by Crippen LogP contribution is -2.35. The number of nitrogens with one attached hydrogen (secondary N) is 1. The first kappa shape index (κ1) is 24.2. The van der Waals surface area contributed by atoms with E-state index in [-0.39, 0.29) is 32.3 Å². The Kier molecular flexibility index (Phi) is 6.65. The molecule has 2 heterocycles. The summed E-state index contributed by atoms with van der Waals surface area (Å²) in [7, 11) is -2.74. The van der Waals surface area contributed by atoms with E-state index in [1.54, 1.807) is 18.2 Å². The molecular weight excluding hydrogens is 544 g/mol. The first-order chi connectivity index (χ1) is 16.1. The van der Waals surface area contributed by atoms with E-state index in [1.165, 1.54) is 48.2 Å².